The lowest BCUT2D eigenvalue weighted by Crippen LogP contribution is -2.54. The van der Waals surface area contributed by atoms with E-state index in [1.807, 2.05) is 13.0 Å². The number of hydrogen-bond acceptors (Lipinski definition) is 6. The normalized spacial score (nSPS) is 23.1. The summed E-state index contributed by atoms with van der Waals surface area (Å²) in [6, 6.07) is 8.14. The molecular formula is C21H24N4O5. The highest BCUT2D eigenvalue weighted by atomic mass is 16.5. The first-order valence-electron chi connectivity index (χ1n) is 9.91. The number of nitrogens with one attached hydrogen (secondary N) is 2. The molecule has 0 radical (unpaired) electrons. The van der Waals surface area contributed by atoms with Gasteiger partial charge >= 0.3 is 12.0 Å². The Hall–Kier alpha value is -3.41. The van der Waals surface area contributed by atoms with Gasteiger partial charge in [0.15, 0.2) is 6.61 Å². The van der Waals surface area contributed by atoms with Crippen molar-refractivity contribution in [2.45, 2.75) is 44.6 Å². The van der Waals surface area contributed by atoms with E-state index in [-0.39, 0.29) is 12.3 Å². The van der Waals surface area contributed by atoms with Crippen molar-refractivity contribution in [2.75, 3.05) is 18.5 Å². The number of anilines is 1. The van der Waals surface area contributed by atoms with Crippen molar-refractivity contribution in [3.8, 4) is 6.07 Å². The number of urea groups is 1. The molecule has 1 saturated carbocycles. The Morgan fingerprint density at radius 2 is 2.03 bits per heavy atom. The van der Waals surface area contributed by atoms with Crippen LogP contribution in [0.5, 0.6) is 0 Å². The molecule has 0 aromatic heterocycles. The highest BCUT2D eigenvalue weighted by molar-refractivity contribution is 6.09. The van der Waals surface area contributed by atoms with Crippen LogP contribution in [0.3, 0.4) is 0 Å². The van der Waals surface area contributed by atoms with Gasteiger partial charge in [0.25, 0.3) is 11.8 Å². The number of amides is 4. The van der Waals surface area contributed by atoms with E-state index in [2.05, 4.69) is 10.6 Å². The van der Waals surface area contributed by atoms with Crippen molar-refractivity contribution in [3.05, 3.63) is 29.8 Å². The van der Waals surface area contributed by atoms with Gasteiger partial charge in [0.05, 0.1) is 12.5 Å². The summed E-state index contributed by atoms with van der Waals surface area (Å²) in [5.74, 6) is -1.79. The quantitative estimate of drug-likeness (QED) is 0.541. The third kappa shape index (κ3) is 4.43. The van der Waals surface area contributed by atoms with Gasteiger partial charge in [-0.15, -0.1) is 0 Å². The maximum Gasteiger partial charge on any atom is 0.326 e. The molecule has 1 aromatic rings. The van der Waals surface area contributed by atoms with Gasteiger partial charge in [-0.2, -0.15) is 5.26 Å². The molecule has 1 saturated heterocycles. The van der Waals surface area contributed by atoms with E-state index in [0.29, 0.717) is 12.1 Å². The molecule has 3 rings (SSSR count). The third-order valence-electron chi connectivity index (χ3n) is 5.67. The summed E-state index contributed by atoms with van der Waals surface area (Å²) in [7, 11) is 0. The predicted molar refractivity (Wildman–Crippen MR) is 106 cm³/mol. The first kappa shape index (κ1) is 21.3. The minimum absolute atomic E-state index is 0.00551. The number of carbonyl (C=O) groups excluding carboxylic acids is 4. The second-order valence-electron chi connectivity index (χ2n) is 7.68. The van der Waals surface area contributed by atoms with E-state index in [1.165, 1.54) is 0 Å². The number of carbonyl (C=O) groups is 4. The number of ether oxygens (including phenoxy) is 1. The Labute approximate surface area is 174 Å². The molecular weight excluding hydrogens is 388 g/mol. The molecule has 2 aliphatic rings. The highest BCUT2D eigenvalue weighted by Gasteiger charge is 2.55. The van der Waals surface area contributed by atoms with Crippen LogP contribution in [0.1, 0.15) is 38.2 Å². The zero-order valence-corrected chi connectivity index (χ0v) is 16.8. The number of imide groups is 1. The first-order valence-corrected chi connectivity index (χ1v) is 9.91. The molecule has 1 aromatic carbocycles. The fraction of sp³-hybridized carbons (Fsp3) is 0.476. The second-order valence-corrected chi connectivity index (χ2v) is 7.68. The van der Waals surface area contributed by atoms with Gasteiger partial charge < -0.3 is 15.4 Å². The topological polar surface area (TPSA) is 129 Å². The van der Waals surface area contributed by atoms with Crippen LogP contribution in [0, 0.1) is 17.2 Å². The average Bonchev–Trinajstić information content (AvgIpc) is 2.95. The summed E-state index contributed by atoms with van der Waals surface area (Å²) < 4.78 is 4.93. The lowest BCUT2D eigenvalue weighted by Gasteiger charge is -2.36. The number of rotatable bonds is 6. The number of benzene rings is 1. The summed E-state index contributed by atoms with van der Waals surface area (Å²) in [4.78, 5) is 50.1. The Balaban J connectivity index is 1.49. The van der Waals surface area contributed by atoms with Crippen LogP contribution < -0.4 is 10.6 Å². The molecule has 158 valence electrons. The standard InChI is InChI=1S/C21H24N4O5/c1-14-4-2-3-10-21(14)19(28)25(20(29)24-21)12-18(27)30-13-17(26)23-16-7-5-15(6-8-16)9-11-22/h5-8,14H,2-4,9-10,12-13H2,1H3,(H,23,26)(H,24,29)/t14-,21-/m0/s1. The Morgan fingerprint density at radius 1 is 1.30 bits per heavy atom. The first-order chi connectivity index (χ1) is 14.4. The molecule has 2 fully saturated rings. The van der Waals surface area contributed by atoms with Gasteiger partial charge in [-0.05, 0) is 36.5 Å². The van der Waals surface area contributed by atoms with Crippen molar-refractivity contribution >= 4 is 29.5 Å². The van der Waals surface area contributed by atoms with Crippen LogP contribution in [0.4, 0.5) is 10.5 Å². The van der Waals surface area contributed by atoms with Crippen molar-refractivity contribution in [1.29, 1.82) is 5.26 Å². The number of esters is 1. The lowest BCUT2D eigenvalue weighted by molar-refractivity contribution is -0.150. The summed E-state index contributed by atoms with van der Waals surface area (Å²) in [5.41, 5.74) is 0.380. The van der Waals surface area contributed by atoms with E-state index >= 15 is 0 Å². The molecule has 9 nitrogen and oxygen atoms in total. The van der Waals surface area contributed by atoms with Crippen LogP contribution in [0.2, 0.25) is 0 Å². The van der Waals surface area contributed by atoms with E-state index in [4.69, 9.17) is 10.00 Å². The number of nitriles is 1. The summed E-state index contributed by atoms with van der Waals surface area (Å²) >= 11 is 0. The molecule has 4 amide bonds. The Bertz CT molecular complexity index is 892. The van der Waals surface area contributed by atoms with Crippen molar-refractivity contribution in [1.82, 2.24) is 10.2 Å². The van der Waals surface area contributed by atoms with Crippen LogP contribution in [0.25, 0.3) is 0 Å². The molecule has 1 aliphatic heterocycles. The molecule has 0 unspecified atom stereocenters. The predicted octanol–water partition coefficient (Wildman–Crippen LogP) is 1.74. The maximum atomic E-state index is 12.8. The fourth-order valence-electron chi connectivity index (χ4n) is 3.95. The van der Waals surface area contributed by atoms with E-state index in [9.17, 15) is 19.2 Å². The molecule has 9 heteroatoms. The van der Waals surface area contributed by atoms with Gasteiger partial charge in [0.1, 0.15) is 12.1 Å². The highest BCUT2D eigenvalue weighted by Crippen LogP contribution is 2.38. The van der Waals surface area contributed by atoms with Crippen molar-refractivity contribution in [3.63, 3.8) is 0 Å². The van der Waals surface area contributed by atoms with Gasteiger partial charge in [-0.25, -0.2) is 4.79 Å². The zero-order chi connectivity index (χ0) is 21.7. The molecule has 0 bridgehead atoms. The van der Waals surface area contributed by atoms with Crippen molar-refractivity contribution in [2.24, 2.45) is 5.92 Å². The lowest BCUT2D eigenvalue weighted by atomic mass is 9.73. The van der Waals surface area contributed by atoms with Gasteiger partial charge in [0, 0.05) is 5.69 Å². The third-order valence-corrected chi connectivity index (χ3v) is 5.67. The maximum absolute atomic E-state index is 12.8. The molecule has 1 spiro atoms. The minimum Gasteiger partial charge on any atom is -0.454 e. The van der Waals surface area contributed by atoms with E-state index in [0.717, 1.165) is 29.7 Å². The van der Waals surface area contributed by atoms with E-state index < -0.39 is 42.5 Å². The van der Waals surface area contributed by atoms with E-state index in [1.54, 1.807) is 24.3 Å². The van der Waals surface area contributed by atoms with Crippen LogP contribution in [-0.4, -0.2) is 47.4 Å². The zero-order valence-electron chi connectivity index (χ0n) is 16.8. The van der Waals surface area contributed by atoms with Gasteiger partial charge in [-0.3, -0.25) is 19.3 Å². The molecule has 2 N–H and O–H groups in total. The molecule has 1 heterocycles. The molecule has 1 aliphatic carbocycles. The smallest absolute Gasteiger partial charge is 0.326 e. The van der Waals surface area contributed by atoms with Crippen LogP contribution in [-0.2, 0) is 25.5 Å². The Morgan fingerprint density at radius 3 is 2.70 bits per heavy atom. The SMILES string of the molecule is C[C@H]1CCCC[C@]12NC(=O)N(CC(=O)OCC(=O)Nc1ccc(CC#N)cc1)C2=O. The van der Waals surface area contributed by atoms with Gasteiger partial charge in [-0.1, -0.05) is 31.9 Å². The fourth-order valence-corrected chi connectivity index (χ4v) is 3.95. The monoisotopic (exact) mass is 412 g/mol. The number of nitrogens with zero attached hydrogens (tertiary/aromatic N) is 2. The Kier molecular flexibility index (Phi) is 6.35. The van der Waals surface area contributed by atoms with Crippen LogP contribution >= 0.6 is 0 Å². The summed E-state index contributed by atoms with van der Waals surface area (Å²) in [6.07, 6.45) is 3.51. The van der Waals surface area contributed by atoms with Crippen molar-refractivity contribution < 1.29 is 23.9 Å². The average molecular weight is 412 g/mol. The minimum atomic E-state index is -0.940. The van der Waals surface area contributed by atoms with Gasteiger partial charge in [0.2, 0.25) is 0 Å². The second kappa shape index (κ2) is 8.95. The summed E-state index contributed by atoms with van der Waals surface area (Å²) in [5, 5.41) is 14.0. The number of hydrogen-bond donors (Lipinski definition) is 2. The molecule has 30 heavy (non-hydrogen) atoms. The largest absolute Gasteiger partial charge is 0.454 e. The summed E-state index contributed by atoms with van der Waals surface area (Å²) in [6.45, 7) is 0.857. The molecule has 2 atom stereocenters. The van der Waals surface area contributed by atoms with Crippen LogP contribution in [0.15, 0.2) is 24.3 Å².